The number of fused-ring (bicyclic) bond motifs is 2. The highest BCUT2D eigenvalue weighted by Gasteiger charge is 2.36. The van der Waals surface area contributed by atoms with Gasteiger partial charge in [-0.15, -0.1) is 0 Å². The summed E-state index contributed by atoms with van der Waals surface area (Å²) in [6.45, 7) is 4.80. The van der Waals surface area contributed by atoms with Crippen molar-refractivity contribution in [1.29, 1.82) is 0 Å². The Balaban J connectivity index is 1.59. The number of aryl methyl sites for hydroxylation is 2. The molecule has 90 valence electrons. The van der Waals surface area contributed by atoms with Gasteiger partial charge < -0.3 is 10.2 Å². The molecule has 1 aromatic heterocycles. The SMILES string of the molecule is c1cc2c(nc1N1CC3CNCC3C1)CCC2. The van der Waals surface area contributed by atoms with E-state index in [2.05, 4.69) is 22.3 Å². The molecule has 2 atom stereocenters. The van der Waals surface area contributed by atoms with E-state index in [0.717, 1.165) is 11.8 Å². The molecule has 2 saturated heterocycles. The van der Waals surface area contributed by atoms with E-state index in [1.165, 1.54) is 62.5 Å². The Morgan fingerprint density at radius 3 is 2.76 bits per heavy atom. The van der Waals surface area contributed by atoms with Crippen LogP contribution < -0.4 is 10.2 Å². The van der Waals surface area contributed by atoms with E-state index in [1.807, 2.05) is 0 Å². The summed E-state index contributed by atoms with van der Waals surface area (Å²) in [6, 6.07) is 4.54. The van der Waals surface area contributed by atoms with Crippen LogP contribution in [0.15, 0.2) is 12.1 Å². The first-order valence-corrected chi connectivity index (χ1v) is 6.84. The Bertz CT molecular complexity index is 431. The van der Waals surface area contributed by atoms with Gasteiger partial charge in [0, 0.05) is 31.9 Å². The van der Waals surface area contributed by atoms with Crippen LogP contribution in [0.3, 0.4) is 0 Å². The van der Waals surface area contributed by atoms with Gasteiger partial charge in [0.25, 0.3) is 0 Å². The van der Waals surface area contributed by atoms with Crippen molar-refractivity contribution in [2.24, 2.45) is 11.8 Å². The fraction of sp³-hybridized carbons (Fsp3) is 0.643. The number of anilines is 1. The number of hydrogen-bond donors (Lipinski definition) is 1. The average Bonchev–Trinajstić information content (AvgIpc) is 3.02. The average molecular weight is 229 g/mol. The smallest absolute Gasteiger partial charge is 0.128 e. The van der Waals surface area contributed by atoms with E-state index in [0.29, 0.717) is 0 Å². The number of aromatic nitrogens is 1. The number of pyridine rings is 1. The van der Waals surface area contributed by atoms with Crippen molar-refractivity contribution in [2.45, 2.75) is 19.3 Å². The molecule has 0 saturated carbocycles. The summed E-state index contributed by atoms with van der Waals surface area (Å²) >= 11 is 0. The Hall–Kier alpha value is -1.09. The number of hydrogen-bond acceptors (Lipinski definition) is 3. The molecule has 3 heterocycles. The molecule has 4 rings (SSSR count). The molecule has 2 aliphatic heterocycles. The van der Waals surface area contributed by atoms with Crippen molar-refractivity contribution in [3.63, 3.8) is 0 Å². The third kappa shape index (κ3) is 1.56. The van der Waals surface area contributed by atoms with E-state index >= 15 is 0 Å². The Labute approximate surface area is 102 Å². The first kappa shape index (κ1) is 9.89. The summed E-state index contributed by atoms with van der Waals surface area (Å²) in [7, 11) is 0. The Morgan fingerprint density at radius 2 is 1.94 bits per heavy atom. The third-order valence-corrected chi connectivity index (χ3v) is 4.63. The molecule has 2 fully saturated rings. The van der Waals surface area contributed by atoms with Crippen molar-refractivity contribution in [3.8, 4) is 0 Å². The summed E-state index contributed by atoms with van der Waals surface area (Å²) in [5.41, 5.74) is 2.84. The van der Waals surface area contributed by atoms with Crippen LogP contribution in [0.5, 0.6) is 0 Å². The van der Waals surface area contributed by atoms with Gasteiger partial charge in [-0.3, -0.25) is 0 Å². The molecule has 0 radical (unpaired) electrons. The zero-order chi connectivity index (χ0) is 11.2. The molecule has 1 aromatic rings. The van der Waals surface area contributed by atoms with Crippen LogP contribution in [0.1, 0.15) is 17.7 Å². The molecule has 0 amide bonds. The maximum atomic E-state index is 4.87. The van der Waals surface area contributed by atoms with E-state index in [4.69, 9.17) is 4.98 Å². The number of rotatable bonds is 1. The Morgan fingerprint density at radius 1 is 1.12 bits per heavy atom. The lowest BCUT2D eigenvalue weighted by Gasteiger charge is -2.19. The van der Waals surface area contributed by atoms with Crippen molar-refractivity contribution in [3.05, 3.63) is 23.4 Å². The Kier molecular flexibility index (Phi) is 2.15. The monoisotopic (exact) mass is 229 g/mol. The second-order valence-corrected chi connectivity index (χ2v) is 5.71. The third-order valence-electron chi connectivity index (χ3n) is 4.63. The number of nitrogens with zero attached hydrogens (tertiary/aromatic N) is 2. The van der Waals surface area contributed by atoms with Crippen LogP contribution in [0.2, 0.25) is 0 Å². The molecule has 17 heavy (non-hydrogen) atoms. The van der Waals surface area contributed by atoms with Crippen molar-refractivity contribution in [1.82, 2.24) is 10.3 Å². The lowest BCUT2D eigenvalue weighted by molar-refractivity contribution is 0.533. The van der Waals surface area contributed by atoms with Gasteiger partial charge in [0.05, 0.1) is 0 Å². The molecule has 3 aliphatic rings. The molecule has 3 nitrogen and oxygen atoms in total. The topological polar surface area (TPSA) is 28.2 Å². The standard InChI is InChI=1S/C14H19N3/c1-2-10-4-5-14(16-13(10)3-1)17-8-11-6-15-7-12(11)9-17/h4-5,11-12,15H,1-3,6-9H2. The van der Waals surface area contributed by atoms with Crippen LogP contribution in [0.25, 0.3) is 0 Å². The van der Waals surface area contributed by atoms with Crippen LogP contribution in [0, 0.1) is 11.8 Å². The van der Waals surface area contributed by atoms with Gasteiger partial charge in [-0.05, 0) is 42.7 Å². The minimum absolute atomic E-state index is 0.852. The summed E-state index contributed by atoms with van der Waals surface area (Å²) in [6.07, 6.45) is 3.71. The minimum atomic E-state index is 0.852. The van der Waals surface area contributed by atoms with Crippen molar-refractivity contribution >= 4 is 5.82 Å². The van der Waals surface area contributed by atoms with Crippen molar-refractivity contribution < 1.29 is 0 Å². The maximum absolute atomic E-state index is 4.87. The summed E-state index contributed by atoms with van der Waals surface area (Å²) in [5.74, 6) is 2.93. The summed E-state index contributed by atoms with van der Waals surface area (Å²) in [4.78, 5) is 7.36. The zero-order valence-corrected chi connectivity index (χ0v) is 10.2. The highest BCUT2D eigenvalue weighted by Crippen LogP contribution is 2.31. The molecule has 3 heteroatoms. The second-order valence-electron chi connectivity index (χ2n) is 5.71. The predicted octanol–water partition coefficient (Wildman–Crippen LogP) is 1.23. The molecule has 0 bridgehead atoms. The van der Waals surface area contributed by atoms with Gasteiger partial charge >= 0.3 is 0 Å². The van der Waals surface area contributed by atoms with Crippen LogP contribution >= 0.6 is 0 Å². The van der Waals surface area contributed by atoms with Crippen LogP contribution in [0.4, 0.5) is 5.82 Å². The molecule has 1 N–H and O–H groups in total. The van der Waals surface area contributed by atoms with Crippen LogP contribution in [-0.4, -0.2) is 31.2 Å². The number of nitrogens with one attached hydrogen (secondary N) is 1. The fourth-order valence-corrected chi connectivity index (χ4v) is 3.63. The molecule has 0 spiro atoms. The summed E-state index contributed by atoms with van der Waals surface area (Å²) in [5, 5.41) is 3.49. The largest absolute Gasteiger partial charge is 0.356 e. The van der Waals surface area contributed by atoms with E-state index in [9.17, 15) is 0 Å². The van der Waals surface area contributed by atoms with Gasteiger partial charge in [0.1, 0.15) is 5.82 Å². The molecule has 1 aliphatic carbocycles. The van der Waals surface area contributed by atoms with Gasteiger partial charge in [0.15, 0.2) is 0 Å². The summed E-state index contributed by atoms with van der Waals surface area (Å²) < 4.78 is 0. The first-order valence-electron chi connectivity index (χ1n) is 6.84. The predicted molar refractivity (Wildman–Crippen MR) is 68.3 cm³/mol. The normalized spacial score (nSPS) is 30.7. The first-order chi connectivity index (χ1) is 8.40. The fourth-order valence-electron chi connectivity index (χ4n) is 3.63. The highest BCUT2D eigenvalue weighted by atomic mass is 15.2. The molecule has 2 unspecified atom stereocenters. The lowest BCUT2D eigenvalue weighted by Crippen LogP contribution is -2.26. The quantitative estimate of drug-likeness (QED) is 0.785. The minimum Gasteiger partial charge on any atom is -0.356 e. The molecule has 0 aromatic carbocycles. The molecular formula is C14H19N3. The van der Waals surface area contributed by atoms with Gasteiger partial charge in [-0.2, -0.15) is 0 Å². The lowest BCUT2D eigenvalue weighted by atomic mass is 10.0. The van der Waals surface area contributed by atoms with Gasteiger partial charge in [-0.1, -0.05) is 6.07 Å². The zero-order valence-electron chi connectivity index (χ0n) is 10.2. The molecular weight excluding hydrogens is 210 g/mol. The van der Waals surface area contributed by atoms with Crippen LogP contribution in [-0.2, 0) is 12.8 Å². The maximum Gasteiger partial charge on any atom is 0.128 e. The van der Waals surface area contributed by atoms with E-state index in [-0.39, 0.29) is 0 Å². The van der Waals surface area contributed by atoms with E-state index < -0.39 is 0 Å². The van der Waals surface area contributed by atoms with E-state index in [1.54, 1.807) is 0 Å². The van der Waals surface area contributed by atoms with Gasteiger partial charge in [0.2, 0.25) is 0 Å². The highest BCUT2D eigenvalue weighted by molar-refractivity contribution is 5.44. The second kappa shape index (κ2) is 3.70. The van der Waals surface area contributed by atoms with Gasteiger partial charge in [-0.25, -0.2) is 4.98 Å². The van der Waals surface area contributed by atoms with Crippen molar-refractivity contribution in [2.75, 3.05) is 31.1 Å².